The Morgan fingerprint density at radius 3 is 2.67 bits per heavy atom. The molecule has 8 heteroatoms. The molecule has 24 heavy (non-hydrogen) atoms. The molecule has 130 valence electrons. The predicted octanol–water partition coefficient (Wildman–Crippen LogP) is 1.93. The van der Waals surface area contributed by atoms with Crippen LogP contribution in [0.4, 0.5) is 0 Å². The summed E-state index contributed by atoms with van der Waals surface area (Å²) in [4.78, 5) is 2.33. The summed E-state index contributed by atoms with van der Waals surface area (Å²) in [5.74, 6) is 0. The molecule has 1 aromatic heterocycles. The standard InChI is InChI=1S/C16H21ClN4O2S/c1-12-15(16(17)20(2)18-12)24(22,23)19-14-8-9-21(11-14)10-13-6-4-3-5-7-13/h3-7,14,19H,8-11H2,1-2H3. The van der Waals surface area contributed by atoms with Gasteiger partial charge in [-0.3, -0.25) is 9.58 Å². The van der Waals surface area contributed by atoms with Gasteiger partial charge in [0.1, 0.15) is 10.0 Å². The molecule has 3 rings (SSSR count). The molecule has 1 unspecified atom stereocenters. The van der Waals surface area contributed by atoms with Crippen LogP contribution in [-0.2, 0) is 23.6 Å². The molecule has 1 aromatic carbocycles. The van der Waals surface area contributed by atoms with Gasteiger partial charge >= 0.3 is 0 Å². The molecule has 1 N–H and O–H groups in total. The number of nitrogens with zero attached hydrogens (tertiary/aromatic N) is 3. The molecule has 1 fully saturated rings. The summed E-state index contributed by atoms with van der Waals surface area (Å²) in [6.45, 7) is 4.02. The molecule has 0 amide bonds. The van der Waals surface area contributed by atoms with E-state index in [4.69, 9.17) is 11.6 Å². The Morgan fingerprint density at radius 1 is 1.33 bits per heavy atom. The summed E-state index contributed by atoms with van der Waals surface area (Å²) in [6.07, 6.45) is 0.781. The second-order valence-corrected chi connectivity index (χ2v) is 8.17. The van der Waals surface area contributed by atoms with Crippen LogP contribution in [0, 0.1) is 6.92 Å². The number of aryl methyl sites for hydroxylation is 2. The lowest BCUT2D eigenvalue weighted by Gasteiger charge is -2.17. The number of sulfonamides is 1. The van der Waals surface area contributed by atoms with Crippen molar-refractivity contribution in [2.75, 3.05) is 13.1 Å². The lowest BCUT2D eigenvalue weighted by molar-refractivity contribution is 0.324. The Balaban J connectivity index is 1.66. The SMILES string of the molecule is Cc1nn(C)c(Cl)c1S(=O)(=O)NC1CCN(Cc2ccccc2)C1. The minimum Gasteiger partial charge on any atom is -0.297 e. The zero-order valence-corrected chi connectivity index (χ0v) is 15.3. The number of halogens is 1. The van der Waals surface area contributed by atoms with Crippen molar-refractivity contribution in [2.45, 2.75) is 30.8 Å². The van der Waals surface area contributed by atoms with Crippen LogP contribution in [0.25, 0.3) is 0 Å². The highest BCUT2D eigenvalue weighted by Crippen LogP contribution is 2.25. The second-order valence-electron chi connectivity index (χ2n) is 6.16. The Morgan fingerprint density at radius 2 is 2.04 bits per heavy atom. The van der Waals surface area contributed by atoms with E-state index in [-0.39, 0.29) is 16.1 Å². The Kier molecular flexibility index (Phi) is 4.96. The first-order valence-corrected chi connectivity index (χ1v) is 9.70. The molecule has 0 radical (unpaired) electrons. The molecular weight excluding hydrogens is 348 g/mol. The van der Waals surface area contributed by atoms with Crippen LogP contribution in [0.1, 0.15) is 17.7 Å². The van der Waals surface area contributed by atoms with Crippen LogP contribution < -0.4 is 4.72 Å². The molecular formula is C16H21ClN4O2S. The molecule has 2 aromatic rings. The van der Waals surface area contributed by atoms with Crippen LogP contribution in [0.15, 0.2) is 35.2 Å². The highest BCUT2D eigenvalue weighted by Gasteiger charge is 2.31. The van der Waals surface area contributed by atoms with E-state index >= 15 is 0 Å². The van der Waals surface area contributed by atoms with E-state index in [0.29, 0.717) is 12.2 Å². The van der Waals surface area contributed by atoms with Crippen molar-refractivity contribution in [3.63, 3.8) is 0 Å². The van der Waals surface area contributed by atoms with E-state index in [2.05, 4.69) is 26.9 Å². The molecule has 0 spiro atoms. The molecule has 0 saturated carbocycles. The first kappa shape index (κ1) is 17.4. The van der Waals surface area contributed by atoms with Crippen LogP contribution in [0.2, 0.25) is 5.15 Å². The zero-order valence-electron chi connectivity index (χ0n) is 13.7. The van der Waals surface area contributed by atoms with Gasteiger partial charge in [-0.2, -0.15) is 5.10 Å². The third-order valence-corrected chi connectivity index (χ3v) is 6.43. The predicted molar refractivity (Wildman–Crippen MR) is 93.4 cm³/mol. The number of likely N-dealkylation sites (tertiary alicyclic amines) is 1. The van der Waals surface area contributed by atoms with Gasteiger partial charge in [-0.05, 0) is 18.9 Å². The van der Waals surface area contributed by atoms with Gasteiger partial charge in [0, 0.05) is 32.7 Å². The van der Waals surface area contributed by atoms with Crippen molar-refractivity contribution in [1.82, 2.24) is 19.4 Å². The molecule has 1 aliphatic heterocycles. The lowest BCUT2D eigenvalue weighted by atomic mass is 10.2. The van der Waals surface area contributed by atoms with Crippen LogP contribution >= 0.6 is 11.6 Å². The monoisotopic (exact) mass is 368 g/mol. The maximum atomic E-state index is 12.6. The molecule has 2 heterocycles. The van der Waals surface area contributed by atoms with Crippen LogP contribution in [0.3, 0.4) is 0 Å². The summed E-state index contributed by atoms with van der Waals surface area (Å²) in [7, 11) is -2.04. The lowest BCUT2D eigenvalue weighted by Crippen LogP contribution is -2.37. The Bertz CT molecular complexity index is 820. The van der Waals surface area contributed by atoms with E-state index in [0.717, 1.165) is 19.5 Å². The first-order valence-electron chi connectivity index (χ1n) is 7.84. The summed E-state index contributed by atoms with van der Waals surface area (Å²) < 4.78 is 29.4. The minimum atomic E-state index is -3.67. The van der Waals surface area contributed by atoms with Gasteiger partial charge < -0.3 is 0 Å². The van der Waals surface area contributed by atoms with Crippen LogP contribution in [-0.4, -0.2) is 42.2 Å². The van der Waals surface area contributed by atoms with Crippen molar-refractivity contribution in [3.05, 3.63) is 46.7 Å². The maximum Gasteiger partial charge on any atom is 0.245 e. The minimum absolute atomic E-state index is 0.0770. The molecule has 0 aliphatic carbocycles. The zero-order chi connectivity index (χ0) is 17.3. The number of rotatable bonds is 5. The van der Waals surface area contributed by atoms with Gasteiger partial charge in [-0.25, -0.2) is 13.1 Å². The molecule has 6 nitrogen and oxygen atoms in total. The fourth-order valence-electron chi connectivity index (χ4n) is 3.11. The fraction of sp³-hybridized carbons (Fsp3) is 0.438. The number of aromatic nitrogens is 2. The van der Waals surface area contributed by atoms with Gasteiger partial charge in [0.05, 0.1) is 5.69 Å². The highest BCUT2D eigenvalue weighted by molar-refractivity contribution is 7.89. The van der Waals surface area contributed by atoms with Gasteiger partial charge in [0.15, 0.2) is 0 Å². The van der Waals surface area contributed by atoms with Crippen molar-refractivity contribution in [1.29, 1.82) is 0 Å². The third kappa shape index (κ3) is 3.64. The summed E-state index contributed by atoms with van der Waals surface area (Å²) in [6, 6.07) is 10.1. The Labute approximate surface area is 147 Å². The smallest absolute Gasteiger partial charge is 0.245 e. The van der Waals surface area contributed by atoms with Crippen molar-refractivity contribution in [3.8, 4) is 0 Å². The van der Waals surface area contributed by atoms with Crippen molar-refractivity contribution in [2.24, 2.45) is 7.05 Å². The van der Waals surface area contributed by atoms with E-state index in [9.17, 15) is 8.42 Å². The summed E-state index contributed by atoms with van der Waals surface area (Å²) >= 11 is 6.09. The highest BCUT2D eigenvalue weighted by atomic mass is 35.5. The number of hydrogen-bond donors (Lipinski definition) is 1. The topological polar surface area (TPSA) is 67.2 Å². The second kappa shape index (κ2) is 6.84. The van der Waals surface area contributed by atoms with E-state index < -0.39 is 10.0 Å². The van der Waals surface area contributed by atoms with Gasteiger partial charge in [0.25, 0.3) is 0 Å². The maximum absolute atomic E-state index is 12.6. The van der Waals surface area contributed by atoms with E-state index in [1.165, 1.54) is 10.2 Å². The summed E-state index contributed by atoms with van der Waals surface area (Å²) in [5, 5.41) is 4.22. The quantitative estimate of drug-likeness (QED) is 0.875. The molecule has 1 aliphatic rings. The molecule has 1 atom stereocenters. The normalized spacial score (nSPS) is 19.0. The van der Waals surface area contributed by atoms with Gasteiger partial charge in [0.2, 0.25) is 10.0 Å². The number of nitrogens with one attached hydrogen (secondary N) is 1. The number of benzene rings is 1. The van der Waals surface area contributed by atoms with Crippen molar-refractivity contribution >= 4 is 21.6 Å². The molecule has 1 saturated heterocycles. The molecule has 0 bridgehead atoms. The largest absolute Gasteiger partial charge is 0.297 e. The van der Waals surface area contributed by atoms with Gasteiger partial charge in [-0.1, -0.05) is 41.9 Å². The fourth-order valence-corrected chi connectivity index (χ4v) is 5.12. The first-order chi connectivity index (χ1) is 11.4. The van der Waals surface area contributed by atoms with E-state index in [1.54, 1.807) is 14.0 Å². The Hall–Kier alpha value is -1.41. The average molecular weight is 369 g/mol. The third-order valence-electron chi connectivity index (χ3n) is 4.21. The summed E-state index contributed by atoms with van der Waals surface area (Å²) in [5.41, 5.74) is 1.64. The average Bonchev–Trinajstić information content (AvgIpc) is 3.04. The van der Waals surface area contributed by atoms with E-state index in [1.807, 2.05) is 18.2 Å². The number of hydrogen-bond acceptors (Lipinski definition) is 4. The van der Waals surface area contributed by atoms with Crippen LogP contribution in [0.5, 0.6) is 0 Å². The van der Waals surface area contributed by atoms with Gasteiger partial charge in [-0.15, -0.1) is 0 Å². The van der Waals surface area contributed by atoms with Crippen molar-refractivity contribution < 1.29 is 8.42 Å².